The average Bonchev–Trinajstić information content (AvgIpc) is 3.04. The highest BCUT2D eigenvalue weighted by Gasteiger charge is 2.49. The second-order valence-electron chi connectivity index (χ2n) is 8.93. The van der Waals surface area contributed by atoms with Crippen LogP contribution in [0.1, 0.15) is 57.8 Å². The van der Waals surface area contributed by atoms with Gasteiger partial charge in [0.2, 0.25) is 0 Å². The molecule has 0 atom stereocenters. The van der Waals surface area contributed by atoms with Crippen LogP contribution in [0.2, 0.25) is 0 Å². The Kier molecular flexibility index (Phi) is 2.78. The summed E-state index contributed by atoms with van der Waals surface area (Å²) in [6.07, 6.45) is 13.7. The molecule has 2 nitrogen and oxygen atoms in total. The highest BCUT2D eigenvalue weighted by molar-refractivity contribution is 5.02. The fourth-order valence-electron chi connectivity index (χ4n) is 6.97. The van der Waals surface area contributed by atoms with Gasteiger partial charge in [0.05, 0.1) is 0 Å². The Labute approximate surface area is 123 Å². The SMILES string of the molecule is C1CCC2(C1)CN(CC1C3CC4CC(C3)CC1C4)CN2. The number of hydrogen-bond donors (Lipinski definition) is 1. The lowest BCUT2D eigenvalue weighted by Crippen LogP contribution is -2.49. The molecule has 6 aliphatic rings. The molecule has 0 aromatic carbocycles. The van der Waals surface area contributed by atoms with Gasteiger partial charge < -0.3 is 0 Å². The van der Waals surface area contributed by atoms with E-state index in [1.54, 1.807) is 32.1 Å². The standard InChI is InChI=1S/C18H30N2/c1-2-4-18(3-1)11-20(12-19-18)10-17-15-6-13-5-14(8-15)9-16(17)7-13/h13-17,19H,1-12H2. The van der Waals surface area contributed by atoms with Crippen molar-refractivity contribution in [3.63, 3.8) is 0 Å². The van der Waals surface area contributed by atoms with E-state index in [1.807, 2.05) is 0 Å². The maximum Gasteiger partial charge on any atom is 0.0486 e. The molecule has 0 aromatic rings. The van der Waals surface area contributed by atoms with Crippen LogP contribution in [0, 0.1) is 29.6 Å². The zero-order valence-electron chi connectivity index (χ0n) is 12.8. The first-order valence-corrected chi connectivity index (χ1v) is 9.27. The lowest BCUT2D eigenvalue weighted by Gasteiger charge is -2.55. The van der Waals surface area contributed by atoms with Crippen LogP contribution in [0.15, 0.2) is 0 Å². The van der Waals surface area contributed by atoms with Crippen LogP contribution in [-0.2, 0) is 0 Å². The van der Waals surface area contributed by atoms with Crippen molar-refractivity contribution in [3.05, 3.63) is 0 Å². The van der Waals surface area contributed by atoms with Gasteiger partial charge in [0.1, 0.15) is 0 Å². The summed E-state index contributed by atoms with van der Waals surface area (Å²) in [7, 11) is 0. The Balaban J connectivity index is 1.26. The van der Waals surface area contributed by atoms with Crippen molar-refractivity contribution in [2.45, 2.75) is 63.3 Å². The van der Waals surface area contributed by atoms with Gasteiger partial charge in [-0.2, -0.15) is 0 Å². The first-order chi connectivity index (χ1) is 9.80. The molecule has 1 saturated heterocycles. The van der Waals surface area contributed by atoms with E-state index in [9.17, 15) is 0 Å². The first kappa shape index (κ1) is 12.5. The molecule has 0 amide bonds. The smallest absolute Gasteiger partial charge is 0.0486 e. The topological polar surface area (TPSA) is 15.3 Å². The summed E-state index contributed by atoms with van der Waals surface area (Å²) in [4.78, 5) is 2.79. The van der Waals surface area contributed by atoms with Crippen LogP contribution < -0.4 is 5.32 Å². The summed E-state index contributed by atoms with van der Waals surface area (Å²) < 4.78 is 0. The predicted octanol–water partition coefficient (Wildman–Crippen LogP) is 3.23. The zero-order chi connectivity index (χ0) is 13.2. The molecule has 1 spiro atoms. The quantitative estimate of drug-likeness (QED) is 0.831. The fourth-order valence-corrected chi connectivity index (χ4v) is 6.97. The van der Waals surface area contributed by atoms with Gasteiger partial charge in [-0.3, -0.25) is 10.2 Å². The summed E-state index contributed by atoms with van der Waals surface area (Å²) in [6.45, 7) is 3.96. The molecule has 5 saturated carbocycles. The number of nitrogens with one attached hydrogen (secondary N) is 1. The molecule has 0 unspecified atom stereocenters. The summed E-state index contributed by atoms with van der Waals surface area (Å²) in [5.41, 5.74) is 0.534. The van der Waals surface area contributed by atoms with Crippen LogP contribution in [0.25, 0.3) is 0 Å². The van der Waals surface area contributed by atoms with Crippen molar-refractivity contribution >= 4 is 0 Å². The second-order valence-corrected chi connectivity index (χ2v) is 8.93. The Morgan fingerprint density at radius 2 is 1.55 bits per heavy atom. The van der Waals surface area contributed by atoms with Crippen molar-refractivity contribution in [2.75, 3.05) is 19.8 Å². The molecule has 2 heteroatoms. The molecule has 6 rings (SSSR count). The molecular formula is C18H30N2. The molecule has 20 heavy (non-hydrogen) atoms. The van der Waals surface area contributed by atoms with Gasteiger partial charge in [-0.05, 0) is 74.5 Å². The van der Waals surface area contributed by atoms with Crippen molar-refractivity contribution in [1.29, 1.82) is 0 Å². The number of rotatable bonds is 2. The monoisotopic (exact) mass is 274 g/mol. The van der Waals surface area contributed by atoms with E-state index >= 15 is 0 Å². The van der Waals surface area contributed by atoms with Crippen LogP contribution in [-0.4, -0.2) is 30.2 Å². The number of nitrogens with zero attached hydrogens (tertiary/aromatic N) is 1. The summed E-state index contributed by atoms with van der Waals surface area (Å²) >= 11 is 0. The van der Waals surface area contributed by atoms with Crippen LogP contribution in [0.5, 0.6) is 0 Å². The minimum Gasteiger partial charge on any atom is -0.297 e. The average molecular weight is 274 g/mol. The van der Waals surface area contributed by atoms with Gasteiger partial charge in [-0.1, -0.05) is 12.8 Å². The molecule has 112 valence electrons. The van der Waals surface area contributed by atoms with Crippen molar-refractivity contribution in [2.24, 2.45) is 29.6 Å². The highest BCUT2D eigenvalue weighted by Crippen LogP contribution is 2.56. The normalized spacial score (nSPS) is 49.5. The van der Waals surface area contributed by atoms with E-state index < -0.39 is 0 Å². The summed E-state index contributed by atoms with van der Waals surface area (Å²) in [5.74, 6) is 5.53. The Morgan fingerprint density at radius 3 is 2.20 bits per heavy atom. The Hall–Kier alpha value is -0.0800. The van der Waals surface area contributed by atoms with Crippen molar-refractivity contribution in [3.8, 4) is 0 Å². The van der Waals surface area contributed by atoms with Crippen molar-refractivity contribution in [1.82, 2.24) is 10.2 Å². The van der Waals surface area contributed by atoms with E-state index in [-0.39, 0.29) is 0 Å². The van der Waals surface area contributed by atoms with Gasteiger partial charge in [-0.15, -0.1) is 0 Å². The van der Waals surface area contributed by atoms with E-state index in [0.29, 0.717) is 5.54 Å². The van der Waals surface area contributed by atoms with E-state index in [4.69, 9.17) is 0 Å². The van der Waals surface area contributed by atoms with E-state index in [0.717, 1.165) is 29.6 Å². The minimum absolute atomic E-state index is 0.534. The lowest BCUT2D eigenvalue weighted by molar-refractivity contribution is -0.0474. The molecule has 5 aliphatic carbocycles. The Bertz CT molecular complexity index is 357. The molecule has 0 radical (unpaired) electrons. The van der Waals surface area contributed by atoms with Crippen LogP contribution in [0.4, 0.5) is 0 Å². The minimum atomic E-state index is 0.534. The summed E-state index contributed by atoms with van der Waals surface area (Å²) in [6, 6.07) is 0. The van der Waals surface area contributed by atoms with Crippen molar-refractivity contribution < 1.29 is 0 Å². The molecule has 0 aromatic heterocycles. The maximum absolute atomic E-state index is 3.88. The zero-order valence-corrected chi connectivity index (χ0v) is 12.8. The van der Waals surface area contributed by atoms with Gasteiger partial charge >= 0.3 is 0 Å². The fraction of sp³-hybridized carbons (Fsp3) is 1.00. The summed E-state index contributed by atoms with van der Waals surface area (Å²) in [5, 5.41) is 3.88. The lowest BCUT2D eigenvalue weighted by atomic mass is 9.52. The third-order valence-electron chi connectivity index (χ3n) is 7.66. The van der Waals surface area contributed by atoms with E-state index in [1.165, 1.54) is 45.4 Å². The maximum atomic E-state index is 3.88. The van der Waals surface area contributed by atoms with E-state index in [2.05, 4.69) is 10.2 Å². The van der Waals surface area contributed by atoms with Gasteiger partial charge in [-0.25, -0.2) is 0 Å². The Morgan fingerprint density at radius 1 is 0.900 bits per heavy atom. The molecule has 4 bridgehead atoms. The molecule has 1 N–H and O–H groups in total. The molecule has 1 heterocycles. The first-order valence-electron chi connectivity index (χ1n) is 9.27. The second kappa shape index (κ2) is 4.46. The number of hydrogen-bond acceptors (Lipinski definition) is 2. The van der Waals surface area contributed by atoms with Gasteiger partial charge in [0.25, 0.3) is 0 Å². The predicted molar refractivity (Wildman–Crippen MR) is 81.3 cm³/mol. The third kappa shape index (κ3) is 1.90. The van der Waals surface area contributed by atoms with Crippen LogP contribution >= 0.6 is 0 Å². The van der Waals surface area contributed by atoms with Crippen LogP contribution in [0.3, 0.4) is 0 Å². The molecule has 1 aliphatic heterocycles. The molecule has 6 fully saturated rings. The third-order valence-corrected chi connectivity index (χ3v) is 7.66. The van der Waals surface area contributed by atoms with Gasteiger partial charge in [0, 0.05) is 25.3 Å². The highest BCUT2D eigenvalue weighted by atomic mass is 15.3. The molecular weight excluding hydrogens is 244 g/mol. The largest absolute Gasteiger partial charge is 0.297 e. The van der Waals surface area contributed by atoms with Gasteiger partial charge in [0.15, 0.2) is 0 Å².